The van der Waals surface area contributed by atoms with Gasteiger partial charge >= 0.3 is 0 Å². The van der Waals surface area contributed by atoms with Crippen LogP contribution in [0.4, 0.5) is 0 Å². The predicted octanol–water partition coefficient (Wildman–Crippen LogP) is 12.1. The van der Waals surface area contributed by atoms with Crippen LogP contribution in [0.15, 0.2) is 102 Å². The van der Waals surface area contributed by atoms with Gasteiger partial charge in [0.25, 0.3) is 0 Å². The molecule has 6 aromatic rings. The average molecular weight is 677 g/mol. The topological polar surface area (TPSA) is 41.6 Å². The third-order valence-electron chi connectivity index (χ3n) is 8.59. The van der Waals surface area contributed by atoms with Crippen LogP contribution in [0.2, 0.25) is 0 Å². The third-order valence-corrected chi connectivity index (χ3v) is 10.8. The Morgan fingerprint density at radius 3 is 1.35 bits per heavy atom. The first kappa shape index (κ1) is 28.6. The van der Waals surface area contributed by atoms with Gasteiger partial charge in [-0.2, -0.15) is 0 Å². The Kier molecular flexibility index (Phi) is 7.16. The van der Waals surface area contributed by atoms with Gasteiger partial charge in [0.2, 0.25) is 0 Å². The Morgan fingerprint density at radius 1 is 0.457 bits per heavy atom. The molecule has 8 rings (SSSR count). The summed E-state index contributed by atoms with van der Waals surface area (Å²) in [5, 5.41) is 0. The van der Waals surface area contributed by atoms with Gasteiger partial charge in [0.05, 0.1) is 27.2 Å². The molecule has 0 unspecified atom stereocenters. The molecule has 3 nitrogen and oxygen atoms in total. The van der Waals surface area contributed by atoms with Gasteiger partial charge in [-0.1, -0.05) is 89.5 Å². The molecular formula is C41H30BrN3S. The fourth-order valence-corrected chi connectivity index (χ4v) is 7.75. The van der Waals surface area contributed by atoms with Crippen molar-refractivity contribution < 1.29 is 0 Å². The predicted molar refractivity (Wildman–Crippen MR) is 201 cm³/mol. The van der Waals surface area contributed by atoms with Gasteiger partial charge in [-0.05, 0) is 102 Å². The number of thiophene rings is 1. The normalized spacial score (nSPS) is 12.2. The molecule has 0 atom stereocenters. The summed E-state index contributed by atoms with van der Waals surface area (Å²) in [5.41, 5.74) is 16.0. The van der Waals surface area contributed by atoms with E-state index in [1.807, 2.05) is 0 Å². The van der Waals surface area contributed by atoms with Crippen LogP contribution in [0.5, 0.6) is 0 Å². The van der Waals surface area contributed by atoms with E-state index in [0.29, 0.717) is 0 Å². The van der Waals surface area contributed by atoms with E-state index in [4.69, 9.17) is 9.97 Å². The van der Waals surface area contributed by atoms with Crippen molar-refractivity contribution in [3.8, 4) is 33.4 Å². The fraction of sp³-hybridized carbons (Fsp3) is 0.0732. The van der Waals surface area contributed by atoms with E-state index in [9.17, 15) is 0 Å². The van der Waals surface area contributed by atoms with Crippen LogP contribution in [0.25, 0.3) is 78.1 Å². The molecule has 5 heteroatoms. The van der Waals surface area contributed by atoms with Gasteiger partial charge in [-0.25, -0.2) is 9.97 Å². The number of hydrogen-bond acceptors (Lipinski definition) is 3. The number of aromatic nitrogens is 3. The van der Waals surface area contributed by atoms with Crippen molar-refractivity contribution >= 4 is 72.0 Å². The number of aryl methyl sites for hydroxylation is 3. The lowest BCUT2D eigenvalue weighted by Gasteiger charge is -2.07. The van der Waals surface area contributed by atoms with E-state index < -0.39 is 0 Å². The molecular weight excluding hydrogens is 646 g/mol. The first-order valence-corrected chi connectivity index (χ1v) is 17.0. The van der Waals surface area contributed by atoms with E-state index in [2.05, 4.69) is 163 Å². The lowest BCUT2D eigenvalue weighted by atomic mass is 10.0. The molecule has 0 saturated carbocycles. The molecule has 0 saturated heterocycles. The highest BCUT2D eigenvalue weighted by Crippen LogP contribution is 2.40. The molecule has 0 amide bonds. The van der Waals surface area contributed by atoms with E-state index in [1.54, 1.807) is 11.3 Å². The van der Waals surface area contributed by atoms with Crippen molar-refractivity contribution in [2.75, 3.05) is 0 Å². The number of H-pyrrole nitrogens is 1. The van der Waals surface area contributed by atoms with Crippen molar-refractivity contribution in [3.63, 3.8) is 0 Å². The lowest BCUT2D eigenvalue weighted by Crippen LogP contribution is -1.88. The number of benzene rings is 3. The number of hydrogen-bond donors (Lipinski definition) is 1. The first-order valence-electron chi connectivity index (χ1n) is 15.3. The maximum atomic E-state index is 5.36. The molecule has 8 bridgehead atoms. The van der Waals surface area contributed by atoms with Crippen LogP contribution >= 0.6 is 27.3 Å². The van der Waals surface area contributed by atoms with E-state index in [1.165, 1.54) is 16.7 Å². The highest BCUT2D eigenvalue weighted by molar-refractivity contribution is 9.10. The van der Waals surface area contributed by atoms with E-state index >= 15 is 0 Å². The molecule has 2 aliphatic rings. The van der Waals surface area contributed by atoms with Gasteiger partial charge in [-0.15, -0.1) is 11.3 Å². The molecule has 222 valence electrons. The molecule has 0 radical (unpaired) electrons. The van der Waals surface area contributed by atoms with Crippen molar-refractivity contribution in [1.82, 2.24) is 15.0 Å². The molecule has 2 aliphatic heterocycles. The standard InChI is InChI=1S/C41H30BrN3S/c1-24-4-10-27(11-5-24)38-30-16-17-31(43-30)39(28-12-6-25(2)7-13-28)33-20-21-35(45-33)41(42)37-23-22-36(46-37)40(34-19-18-32(38)44-34)29-14-8-26(3)9-15-29/h4-23,43H,1-3H3. The molecule has 46 heavy (non-hydrogen) atoms. The summed E-state index contributed by atoms with van der Waals surface area (Å²) in [5.74, 6) is 0. The smallest absolute Gasteiger partial charge is 0.0794 e. The van der Waals surface area contributed by atoms with Crippen LogP contribution in [0, 0.1) is 20.8 Å². The van der Waals surface area contributed by atoms with Crippen LogP contribution in [-0.4, -0.2) is 15.0 Å². The zero-order valence-corrected chi connectivity index (χ0v) is 28.1. The van der Waals surface area contributed by atoms with Crippen LogP contribution < -0.4 is 0 Å². The summed E-state index contributed by atoms with van der Waals surface area (Å²) in [4.78, 5) is 14.4. The fourth-order valence-electron chi connectivity index (χ4n) is 6.13. The average Bonchev–Trinajstić information content (AvgIpc) is 3.89. The molecule has 0 spiro atoms. The van der Waals surface area contributed by atoms with Crippen LogP contribution in [-0.2, 0) is 0 Å². The third kappa shape index (κ3) is 5.16. The summed E-state index contributed by atoms with van der Waals surface area (Å²) < 4.78 is 3.26. The molecule has 1 N–H and O–H groups in total. The molecule has 0 fully saturated rings. The minimum Gasteiger partial charge on any atom is -0.354 e. The number of aromatic amines is 1. The largest absolute Gasteiger partial charge is 0.354 e. The summed E-state index contributed by atoms with van der Waals surface area (Å²) in [6.45, 7) is 6.36. The van der Waals surface area contributed by atoms with Gasteiger partial charge in [0.15, 0.2) is 0 Å². The van der Waals surface area contributed by atoms with Crippen molar-refractivity contribution in [3.05, 3.63) is 141 Å². The molecule has 3 aromatic carbocycles. The van der Waals surface area contributed by atoms with E-state index in [0.717, 1.165) is 81.1 Å². The zero-order valence-electron chi connectivity index (χ0n) is 25.7. The number of nitrogens with zero attached hydrogens (tertiary/aromatic N) is 2. The minimum absolute atomic E-state index is 0.907. The number of rotatable bonds is 3. The summed E-state index contributed by atoms with van der Waals surface area (Å²) in [6, 6.07) is 34.9. The Labute approximate surface area is 280 Å². The van der Waals surface area contributed by atoms with E-state index in [-0.39, 0.29) is 0 Å². The second-order valence-corrected chi connectivity index (χ2v) is 13.8. The molecule has 5 heterocycles. The van der Waals surface area contributed by atoms with Crippen LogP contribution in [0.3, 0.4) is 0 Å². The van der Waals surface area contributed by atoms with Crippen molar-refractivity contribution in [1.29, 1.82) is 0 Å². The summed E-state index contributed by atoms with van der Waals surface area (Å²) in [6.07, 6.45) is 8.54. The van der Waals surface area contributed by atoms with Crippen molar-refractivity contribution in [2.45, 2.75) is 20.8 Å². The monoisotopic (exact) mass is 675 g/mol. The Hall–Kier alpha value is -4.84. The Balaban J connectivity index is 1.54. The lowest BCUT2D eigenvalue weighted by molar-refractivity contribution is 1.31. The maximum Gasteiger partial charge on any atom is 0.0794 e. The Morgan fingerprint density at radius 2 is 0.848 bits per heavy atom. The maximum absolute atomic E-state index is 5.36. The Bertz CT molecular complexity index is 2330. The number of halogens is 1. The highest BCUT2D eigenvalue weighted by Gasteiger charge is 2.18. The van der Waals surface area contributed by atoms with Gasteiger partial charge < -0.3 is 4.98 Å². The molecule has 0 aliphatic carbocycles. The second kappa shape index (κ2) is 11.5. The first-order chi connectivity index (χ1) is 22.4. The van der Waals surface area contributed by atoms with Crippen LogP contribution in [0.1, 0.15) is 39.5 Å². The second-order valence-electron chi connectivity index (χ2n) is 11.9. The minimum atomic E-state index is 0.907. The molecule has 3 aromatic heterocycles. The summed E-state index contributed by atoms with van der Waals surface area (Å²) >= 11 is 5.68. The van der Waals surface area contributed by atoms with Crippen molar-refractivity contribution in [2.24, 2.45) is 0 Å². The quantitative estimate of drug-likeness (QED) is 0.202. The number of fused-ring (bicyclic) bond motifs is 8. The SMILES string of the molecule is Cc1ccc(-c2c3nc(c(Br)c4ccc(s4)c(-c4ccc(C)cc4)c4nc(c(-c5ccc(C)cc5)c5ccc2[nH]5)C=C4)C=C3)cc1. The number of nitrogens with one attached hydrogen (secondary N) is 1. The highest BCUT2D eigenvalue weighted by atomic mass is 79.9. The van der Waals surface area contributed by atoms with Gasteiger partial charge in [-0.3, -0.25) is 0 Å². The van der Waals surface area contributed by atoms with Gasteiger partial charge in [0, 0.05) is 37.1 Å². The van der Waals surface area contributed by atoms with Gasteiger partial charge in [0.1, 0.15) is 0 Å². The summed E-state index contributed by atoms with van der Waals surface area (Å²) in [7, 11) is 0. The zero-order chi connectivity index (χ0) is 31.4.